The lowest BCUT2D eigenvalue weighted by Crippen LogP contribution is -2.16. The predicted molar refractivity (Wildman–Crippen MR) is 204 cm³/mol. The van der Waals surface area contributed by atoms with Crippen LogP contribution in [0.1, 0.15) is 206 Å². The first kappa shape index (κ1) is 43.9. The highest BCUT2D eigenvalue weighted by molar-refractivity contribution is 5.80. The second-order valence-electron chi connectivity index (χ2n) is 14.2. The van der Waals surface area contributed by atoms with E-state index in [9.17, 15) is 4.79 Å². The van der Waals surface area contributed by atoms with Crippen molar-refractivity contribution in [1.29, 1.82) is 0 Å². The van der Waals surface area contributed by atoms with Crippen molar-refractivity contribution >= 4 is 5.78 Å². The zero-order valence-corrected chi connectivity index (χ0v) is 31.3. The lowest BCUT2D eigenvalue weighted by atomic mass is 9.88. The maximum absolute atomic E-state index is 13.1. The van der Waals surface area contributed by atoms with Crippen LogP contribution < -0.4 is 0 Å². The highest BCUT2D eigenvalue weighted by Crippen LogP contribution is 2.22. The second kappa shape index (κ2) is 37.3. The largest absolute Gasteiger partial charge is 0.309 e. The summed E-state index contributed by atoms with van der Waals surface area (Å²) in [4.78, 5) is 15.4. The van der Waals surface area contributed by atoms with Gasteiger partial charge in [-0.25, -0.2) is 0 Å². The van der Waals surface area contributed by atoms with Crippen LogP contribution in [0.4, 0.5) is 0 Å². The first-order chi connectivity index (χ1) is 22.1. The Hall–Kier alpha value is -1.15. The predicted octanol–water partition coefficient (Wildman–Crippen LogP) is 14.1. The van der Waals surface area contributed by atoms with Crippen LogP contribution in [-0.2, 0) is 4.79 Å². The molecule has 0 spiro atoms. The number of carbonyl (C=O) groups is 1. The highest BCUT2D eigenvalue weighted by atomic mass is 16.1. The van der Waals surface area contributed by atoms with Crippen molar-refractivity contribution in [3.63, 3.8) is 0 Å². The topological polar surface area (TPSA) is 20.3 Å². The summed E-state index contributed by atoms with van der Waals surface area (Å²) >= 11 is 0. The van der Waals surface area contributed by atoms with E-state index in [2.05, 4.69) is 69.3 Å². The van der Waals surface area contributed by atoms with Crippen LogP contribution in [0.2, 0.25) is 0 Å². The Bertz CT molecular complexity index is 675. The molecule has 0 radical (unpaired) electrons. The highest BCUT2D eigenvalue weighted by Gasteiger charge is 2.17. The number of hydrogen-bond acceptors (Lipinski definition) is 2. The molecule has 0 saturated carbocycles. The second-order valence-corrected chi connectivity index (χ2v) is 14.2. The molecule has 264 valence electrons. The maximum Gasteiger partial charge on any atom is 0.135 e. The summed E-state index contributed by atoms with van der Waals surface area (Å²) in [6.45, 7) is 5.65. The zero-order chi connectivity index (χ0) is 32.9. The molecule has 0 aliphatic heterocycles. The van der Waals surface area contributed by atoms with Gasteiger partial charge in [0.05, 0.1) is 0 Å². The maximum atomic E-state index is 13.1. The van der Waals surface area contributed by atoms with E-state index in [4.69, 9.17) is 0 Å². The lowest BCUT2D eigenvalue weighted by molar-refractivity contribution is -0.123. The molecular weight excluding hydrogens is 546 g/mol. The first-order valence-corrected chi connectivity index (χ1v) is 20.3. The minimum Gasteiger partial charge on any atom is -0.309 e. The molecule has 0 N–H and O–H groups in total. The summed E-state index contributed by atoms with van der Waals surface area (Å²) in [5.74, 6) is 0.883. The number of nitrogens with zero attached hydrogens (tertiary/aromatic N) is 1. The third-order valence-corrected chi connectivity index (χ3v) is 9.33. The quantitative estimate of drug-likeness (QED) is 0.0391. The van der Waals surface area contributed by atoms with Gasteiger partial charge in [-0.15, -0.1) is 0 Å². The van der Waals surface area contributed by atoms with Crippen molar-refractivity contribution in [1.82, 2.24) is 4.90 Å². The first-order valence-electron chi connectivity index (χ1n) is 20.3. The Morgan fingerprint density at radius 3 is 1.31 bits per heavy atom. The molecule has 0 aromatic heterocycles. The third-order valence-electron chi connectivity index (χ3n) is 9.33. The van der Waals surface area contributed by atoms with Crippen molar-refractivity contribution in [2.75, 3.05) is 20.6 Å². The van der Waals surface area contributed by atoms with Crippen molar-refractivity contribution in [3.05, 3.63) is 36.5 Å². The van der Waals surface area contributed by atoms with Gasteiger partial charge in [0.15, 0.2) is 0 Å². The van der Waals surface area contributed by atoms with E-state index >= 15 is 0 Å². The normalized spacial score (nSPS) is 12.9. The molecule has 0 aromatic carbocycles. The molecule has 0 fully saturated rings. The molecule has 2 nitrogen and oxygen atoms in total. The summed E-state index contributed by atoms with van der Waals surface area (Å²) < 4.78 is 0. The van der Waals surface area contributed by atoms with Crippen molar-refractivity contribution in [2.24, 2.45) is 5.92 Å². The number of rotatable bonds is 36. The number of carbonyl (C=O) groups excluding carboxylic acids is 1. The summed E-state index contributed by atoms with van der Waals surface area (Å²) in [6.07, 6.45) is 52.4. The Morgan fingerprint density at radius 1 is 0.467 bits per heavy atom. The van der Waals surface area contributed by atoms with Gasteiger partial charge in [-0.1, -0.05) is 159 Å². The van der Waals surface area contributed by atoms with Crippen LogP contribution in [0, 0.1) is 5.92 Å². The summed E-state index contributed by atoms with van der Waals surface area (Å²) in [5.41, 5.74) is 0. The molecule has 0 bridgehead atoms. The SMILES string of the molecule is CCCCC/C=C/C=C\CCCCCCCCC(CCCCCCCC/C=C\CCCCCCCC)C(=O)CCCCN(C)C. The van der Waals surface area contributed by atoms with Crippen molar-refractivity contribution < 1.29 is 4.79 Å². The van der Waals surface area contributed by atoms with Crippen LogP contribution in [0.15, 0.2) is 36.5 Å². The van der Waals surface area contributed by atoms with Gasteiger partial charge < -0.3 is 4.90 Å². The molecule has 0 amide bonds. The van der Waals surface area contributed by atoms with E-state index in [1.54, 1.807) is 0 Å². The van der Waals surface area contributed by atoms with Crippen LogP contribution in [0.25, 0.3) is 0 Å². The molecule has 0 saturated heterocycles. The minimum absolute atomic E-state index is 0.321. The van der Waals surface area contributed by atoms with E-state index in [0.29, 0.717) is 11.7 Å². The standard InChI is InChI=1S/C43H81NO/c1-5-7-9-11-13-15-17-19-21-23-25-27-29-31-33-35-39-42(43(45)40-36-37-41-44(3)4)38-34-32-30-28-26-24-22-20-18-16-14-12-10-8-6-2/h14,16,18-21,42H,5-13,15,17,22-41H2,1-4H3/b16-14+,20-18-,21-19-. The van der Waals surface area contributed by atoms with Crippen molar-refractivity contribution in [2.45, 2.75) is 206 Å². The Morgan fingerprint density at radius 2 is 0.844 bits per heavy atom. The Kier molecular flexibility index (Phi) is 36.4. The summed E-state index contributed by atoms with van der Waals surface area (Å²) in [6, 6.07) is 0. The van der Waals surface area contributed by atoms with Gasteiger partial charge in [-0.05, 0) is 97.7 Å². The van der Waals surface area contributed by atoms with E-state index in [-0.39, 0.29) is 0 Å². The molecule has 0 aliphatic rings. The fraction of sp³-hybridized carbons (Fsp3) is 0.837. The van der Waals surface area contributed by atoms with Gasteiger partial charge in [-0.2, -0.15) is 0 Å². The van der Waals surface area contributed by atoms with Gasteiger partial charge in [-0.3, -0.25) is 4.79 Å². The number of unbranched alkanes of at least 4 members (excludes halogenated alkanes) is 22. The molecule has 0 aliphatic carbocycles. The minimum atomic E-state index is 0.321. The van der Waals surface area contributed by atoms with Gasteiger partial charge in [0.1, 0.15) is 5.78 Å². The van der Waals surface area contributed by atoms with Gasteiger partial charge in [0.25, 0.3) is 0 Å². The Labute approximate surface area is 284 Å². The van der Waals surface area contributed by atoms with E-state index < -0.39 is 0 Å². The van der Waals surface area contributed by atoms with Gasteiger partial charge in [0.2, 0.25) is 0 Å². The Balaban J connectivity index is 4.01. The molecule has 0 rings (SSSR count). The van der Waals surface area contributed by atoms with Crippen LogP contribution >= 0.6 is 0 Å². The van der Waals surface area contributed by atoms with Crippen LogP contribution in [0.3, 0.4) is 0 Å². The number of ketones is 1. The fourth-order valence-corrected chi connectivity index (χ4v) is 6.26. The van der Waals surface area contributed by atoms with Crippen LogP contribution in [0.5, 0.6) is 0 Å². The fourth-order valence-electron chi connectivity index (χ4n) is 6.26. The summed E-state index contributed by atoms with van der Waals surface area (Å²) in [5, 5.41) is 0. The van der Waals surface area contributed by atoms with E-state index in [1.807, 2.05) is 0 Å². The number of allylic oxidation sites excluding steroid dienone is 6. The average Bonchev–Trinajstić information content (AvgIpc) is 3.03. The molecule has 0 heterocycles. The zero-order valence-electron chi connectivity index (χ0n) is 31.3. The molecular formula is C43H81NO. The lowest BCUT2D eigenvalue weighted by Gasteiger charge is -2.16. The molecule has 1 unspecified atom stereocenters. The molecule has 2 heteroatoms. The van der Waals surface area contributed by atoms with Crippen LogP contribution in [-0.4, -0.2) is 31.3 Å². The van der Waals surface area contributed by atoms with E-state index in [1.165, 1.54) is 161 Å². The van der Waals surface area contributed by atoms with E-state index in [0.717, 1.165) is 38.6 Å². The smallest absolute Gasteiger partial charge is 0.135 e. The van der Waals surface area contributed by atoms with Gasteiger partial charge >= 0.3 is 0 Å². The monoisotopic (exact) mass is 628 g/mol. The summed E-state index contributed by atoms with van der Waals surface area (Å²) in [7, 11) is 4.26. The average molecular weight is 628 g/mol. The molecule has 45 heavy (non-hydrogen) atoms. The number of Topliss-reactive ketones (excluding diaryl/α,β-unsaturated/α-hetero) is 1. The molecule has 1 atom stereocenters. The molecule has 0 aromatic rings. The van der Waals surface area contributed by atoms with Gasteiger partial charge in [0, 0.05) is 12.3 Å². The van der Waals surface area contributed by atoms with Crippen molar-refractivity contribution in [3.8, 4) is 0 Å². The third kappa shape index (κ3) is 35.5. The number of hydrogen-bond donors (Lipinski definition) is 0.